The quantitative estimate of drug-likeness (QED) is 0.490. The third-order valence-electron chi connectivity index (χ3n) is 0.830. The zero-order chi connectivity index (χ0) is 6.69. The van der Waals surface area contributed by atoms with Gasteiger partial charge in [-0.15, -0.1) is 0 Å². The molecule has 0 aliphatic carbocycles. The van der Waals surface area contributed by atoms with Crippen molar-refractivity contribution in [2.45, 2.75) is 0 Å². The molecule has 0 fully saturated rings. The van der Waals surface area contributed by atoms with Crippen LogP contribution in [0.3, 0.4) is 0 Å². The Morgan fingerprint density at radius 1 is 1.50 bits per heavy atom. The van der Waals surface area contributed by atoms with Crippen LogP contribution in [0.5, 0.6) is 0 Å². The van der Waals surface area contributed by atoms with Crippen LogP contribution in [0.2, 0.25) is 0 Å². The van der Waals surface area contributed by atoms with Crippen LogP contribution >= 0.6 is 0 Å². The van der Waals surface area contributed by atoms with Gasteiger partial charge < -0.3 is 0 Å². The summed E-state index contributed by atoms with van der Waals surface area (Å²) in [6, 6.07) is 8.91. The molecule has 0 bridgehead atoms. The zero-order valence-electron chi connectivity index (χ0n) is 5.26. The molecule has 1 heteroatoms. The monoisotopic (exact) mass is 104 g/mol. The summed E-state index contributed by atoms with van der Waals surface area (Å²) in [6.07, 6.45) is 0. The lowest BCUT2D eigenvalue weighted by Crippen LogP contribution is -1.66. The summed E-state index contributed by atoms with van der Waals surface area (Å²) in [5.41, 5.74) is 0.428. The summed E-state index contributed by atoms with van der Waals surface area (Å²) in [4.78, 5) is 0. The van der Waals surface area contributed by atoms with Gasteiger partial charge >= 0.3 is 0 Å². The van der Waals surface area contributed by atoms with E-state index in [1.807, 2.05) is 6.07 Å². The molecule has 0 radical (unpaired) electrons. The van der Waals surface area contributed by atoms with Gasteiger partial charge in [-0.3, -0.25) is 0 Å². The highest BCUT2D eigenvalue weighted by Crippen LogP contribution is 1.92. The van der Waals surface area contributed by atoms with Crippen LogP contribution in [0.4, 0.5) is 0 Å². The first-order valence-electron chi connectivity index (χ1n) is 2.80. The van der Waals surface area contributed by atoms with Gasteiger partial charge in [-0.05, 0) is 12.1 Å². The SMILES string of the molecule is [2H]c1ccccc1C#N. The van der Waals surface area contributed by atoms with Crippen LogP contribution in [0.25, 0.3) is 0 Å². The lowest BCUT2D eigenvalue weighted by Gasteiger charge is -1.80. The van der Waals surface area contributed by atoms with Gasteiger partial charge in [-0.1, -0.05) is 18.2 Å². The average molecular weight is 104 g/mol. The molecule has 0 saturated heterocycles. The summed E-state index contributed by atoms with van der Waals surface area (Å²) in [6.45, 7) is 0. The number of hydrogen-bond acceptors (Lipinski definition) is 1. The molecular weight excluding hydrogens is 98.1 g/mol. The minimum atomic E-state index is 0.292. The summed E-state index contributed by atoms with van der Waals surface area (Å²) in [5.74, 6) is 0. The van der Waals surface area contributed by atoms with Crippen molar-refractivity contribution in [3.05, 3.63) is 35.9 Å². The number of benzene rings is 1. The first kappa shape index (κ1) is 3.68. The second-order valence-electron chi connectivity index (χ2n) is 1.39. The highest BCUT2D eigenvalue weighted by molar-refractivity contribution is 5.27. The van der Waals surface area contributed by atoms with Gasteiger partial charge in [-0.2, -0.15) is 5.26 Å². The van der Waals surface area contributed by atoms with Gasteiger partial charge in [0, 0.05) is 0 Å². The standard InChI is InChI=1S/C7H5N/c8-6-7-4-2-1-3-5-7/h1-5H/i4D. The fourth-order valence-electron chi connectivity index (χ4n) is 0.463. The Morgan fingerprint density at radius 3 is 2.88 bits per heavy atom. The smallest absolute Gasteiger partial charge is 0.0991 e. The largest absolute Gasteiger partial charge is 0.192 e. The normalized spacial score (nSPS) is 9.62. The maximum Gasteiger partial charge on any atom is 0.0991 e. The maximum absolute atomic E-state index is 8.35. The molecule has 0 aliphatic rings. The molecule has 38 valence electrons. The number of nitrogens with zero attached hydrogens (tertiary/aromatic N) is 1. The van der Waals surface area contributed by atoms with Gasteiger partial charge in [0.2, 0.25) is 0 Å². The van der Waals surface area contributed by atoms with E-state index in [1.54, 1.807) is 24.3 Å². The predicted octanol–water partition coefficient (Wildman–Crippen LogP) is 1.56. The Balaban J connectivity index is 3.20. The topological polar surface area (TPSA) is 23.8 Å². The van der Waals surface area contributed by atoms with Crippen molar-refractivity contribution in [3.8, 4) is 6.07 Å². The minimum Gasteiger partial charge on any atom is -0.192 e. The van der Waals surface area contributed by atoms with Crippen molar-refractivity contribution in [2.24, 2.45) is 0 Å². The summed E-state index contributed by atoms with van der Waals surface area (Å²) in [7, 11) is 0. The maximum atomic E-state index is 8.35. The van der Waals surface area contributed by atoms with E-state index in [1.165, 1.54) is 0 Å². The fourth-order valence-corrected chi connectivity index (χ4v) is 0.463. The van der Waals surface area contributed by atoms with Gasteiger partial charge in [0.1, 0.15) is 0 Å². The molecule has 0 aromatic heterocycles. The van der Waals surface area contributed by atoms with E-state index in [-0.39, 0.29) is 0 Å². The molecule has 1 aromatic rings. The Morgan fingerprint density at radius 2 is 2.38 bits per heavy atom. The van der Waals surface area contributed by atoms with Gasteiger partial charge in [0.25, 0.3) is 0 Å². The van der Waals surface area contributed by atoms with Crippen molar-refractivity contribution in [2.75, 3.05) is 0 Å². The molecular formula is C7H5N. The number of rotatable bonds is 0. The molecule has 8 heavy (non-hydrogen) atoms. The van der Waals surface area contributed by atoms with Crippen LogP contribution in [-0.4, -0.2) is 0 Å². The summed E-state index contributed by atoms with van der Waals surface area (Å²) in [5, 5.41) is 8.35. The van der Waals surface area contributed by atoms with Gasteiger partial charge in [0.15, 0.2) is 0 Å². The van der Waals surface area contributed by atoms with Crippen LogP contribution in [0.15, 0.2) is 30.3 Å². The van der Waals surface area contributed by atoms with E-state index in [4.69, 9.17) is 6.63 Å². The molecule has 0 amide bonds. The molecule has 0 atom stereocenters. The molecule has 0 N–H and O–H groups in total. The third kappa shape index (κ3) is 0.855. The van der Waals surface area contributed by atoms with E-state index < -0.39 is 0 Å². The van der Waals surface area contributed by atoms with Crippen LogP contribution < -0.4 is 0 Å². The lowest BCUT2D eigenvalue weighted by molar-refractivity contribution is 1.49. The molecule has 1 rings (SSSR count). The van der Waals surface area contributed by atoms with E-state index in [0.717, 1.165) is 0 Å². The van der Waals surface area contributed by atoms with Gasteiger partial charge in [-0.25, -0.2) is 0 Å². The van der Waals surface area contributed by atoms with E-state index in [0.29, 0.717) is 11.6 Å². The van der Waals surface area contributed by atoms with E-state index >= 15 is 0 Å². The molecule has 0 aliphatic heterocycles. The Labute approximate surface area is 49.6 Å². The second-order valence-corrected chi connectivity index (χ2v) is 1.39. The summed E-state index contributed by atoms with van der Waals surface area (Å²) < 4.78 is 7.15. The molecule has 0 unspecified atom stereocenters. The molecule has 1 aromatic carbocycles. The van der Waals surface area contributed by atoms with Crippen molar-refractivity contribution in [1.29, 1.82) is 5.26 Å². The highest BCUT2D eigenvalue weighted by atomic mass is 14.2. The summed E-state index contributed by atoms with van der Waals surface area (Å²) >= 11 is 0. The molecule has 0 spiro atoms. The average Bonchev–Trinajstić information content (AvgIpc) is 1.89. The molecule has 1 nitrogen and oxygen atoms in total. The zero-order valence-corrected chi connectivity index (χ0v) is 4.26. The van der Waals surface area contributed by atoms with Gasteiger partial charge in [0.05, 0.1) is 13.0 Å². The van der Waals surface area contributed by atoms with E-state index in [9.17, 15) is 0 Å². The number of hydrogen-bond donors (Lipinski definition) is 0. The number of nitriles is 1. The Bertz CT molecular complexity index is 249. The third-order valence-corrected chi connectivity index (χ3v) is 0.830. The van der Waals surface area contributed by atoms with Crippen molar-refractivity contribution >= 4 is 0 Å². The Hall–Kier alpha value is -1.29. The van der Waals surface area contributed by atoms with Crippen molar-refractivity contribution in [1.82, 2.24) is 0 Å². The highest BCUT2D eigenvalue weighted by Gasteiger charge is 1.79. The molecule has 0 saturated carbocycles. The fraction of sp³-hybridized carbons (Fsp3) is 0. The first-order chi connectivity index (χ1) is 4.34. The van der Waals surface area contributed by atoms with E-state index in [2.05, 4.69) is 0 Å². The van der Waals surface area contributed by atoms with Crippen molar-refractivity contribution in [3.63, 3.8) is 0 Å². The van der Waals surface area contributed by atoms with Crippen LogP contribution in [0, 0.1) is 11.3 Å². The van der Waals surface area contributed by atoms with Crippen LogP contribution in [-0.2, 0) is 0 Å². The second kappa shape index (κ2) is 2.13. The van der Waals surface area contributed by atoms with Crippen molar-refractivity contribution < 1.29 is 1.37 Å². The minimum absolute atomic E-state index is 0.292. The Kier molecular flexibility index (Phi) is 0.980. The molecule has 0 heterocycles. The predicted molar refractivity (Wildman–Crippen MR) is 31.2 cm³/mol. The van der Waals surface area contributed by atoms with Crippen LogP contribution in [0.1, 0.15) is 6.93 Å². The first-order valence-corrected chi connectivity index (χ1v) is 2.30. The lowest BCUT2D eigenvalue weighted by atomic mass is 10.2.